The van der Waals surface area contributed by atoms with Crippen molar-refractivity contribution in [3.63, 3.8) is 0 Å². The topological polar surface area (TPSA) is 22.1 Å². The smallest absolute Gasteiger partial charge is 0.108 e. The number of nitrogens with zero attached hydrogens (tertiary/aromatic N) is 1. The molecule has 0 spiro atoms. The average molecular weight is 319 g/mol. The maximum Gasteiger partial charge on any atom is 0.108 e. The van der Waals surface area contributed by atoms with Crippen molar-refractivity contribution >= 4 is 37.4 Å². The van der Waals surface area contributed by atoms with Crippen molar-refractivity contribution in [1.29, 1.82) is 0 Å². The van der Waals surface area contributed by atoms with Crippen molar-refractivity contribution in [2.45, 2.75) is 6.42 Å². The van der Waals surface area contributed by atoms with Gasteiger partial charge in [-0.25, -0.2) is 4.98 Å². The van der Waals surface area contributed by atoms with Crippen molar-refractivity contribution in [2.24, 2.45) is 0 Å². The summed E-state index contributed by atoms with van der Waals surface area (Å²) in [6, 6.07) is 4.06. The van der Waals surface area contributed by atoms with Crippen LogP contribution in [0.25, 0.3) is 5.57 Å². The van der Waals surface area contributed by atoms with Gasteiger partial charge in [-0.2, -0.15) is 0 Å². The van der Waals surface area contributed by atoms with Gasteiger partial charge >= 0.3 is 0 Å². The van der Waals surface area contributed by atoms with Gasteiger partial charge in [0.2, 0.25) is 0 Å². The minimum atomic E-state index is 0.715. The molecule has 1 aromatic rings. The van der Waals surface area contributed by atoms with Crippen LogP contribution in [-0.2, 0) is 4.74 Å². The first-order valence-corrected chi connectivity index (χ1v) is 5.94. The molecule has 0 saturated heterocycles. The van der Waals surface area contributed by atoms with Gasteiger partial charge in [-0.3, -0.25) is 0 Å². The minimum absolute atomic E-state index is 0.715. The van der Waals surface area contributed by atoms with Gasteiger partial charge in [0.1, 0.15) is 9.21 Å². The third-order valence-corrected chi connectivity index (χ3v) is 2.91. The molecule has 0 amide bonds. The summed E-state index contributed by atoms with van der Waals surface area (Å²) in [5.74, 6) is 0. The van der Waals surface area contributed by atoms with E-state index in [-0.39, 0.29) is 0 Å². The molecule has 2 rings (SSSR count). The second-order valence-electron chi connectivity index (χ2n) is 3.06. The first-order chi connectivity index (χ1) is 6.75. The second kappa shape index (κ2) is 4.55. The van der Waals surface area contributed by atoms with Crippen molar-refractivity contribution in [3.05, 3.63) is 33.0 Å². The Morgan fingerprint density at radius 1 is 1.21 bits per heavy atom. The van der Waals surface area contributed by atoms with Crippen LogP contribution in [0, 0.1) is 0 Å². The Labute approximate surface area is 99.6 Å². The van der Waals surface area contributed by atoms with Crippen molar-refractivity contribution in [1.82, 2.24) is 4.98 Å². The van der Waals surface area contributed by atoms with Gasteiger partial charge in [0.25, 0.3) is 0 Å². The van der Waals surface area contributed by atoms with Gasteiger partial charge in [-0.1, -0.05) is 6.08 Å². The van der Waals surface area contributed by atoms with E-state index < -0.39 is 0 Å². The van der Waals surface area contributed by atoms with Crippen LogP contribution < -0.4 is 0 Å². The molecule has 0 bridgehead atoms. The fourth-order valence-electron chi connectivity index (χ4n) is 1.44. The van der Waals surface area contributed by atoms with E-state index in [0.29, 0.717) is 6.61 Å². The van der Waals surface area contributed by atoms with Crippen LogP contribution in [0.5, 0.6) is 0 Å². The predicted molar refractivity (Wildman–Crippen MR) is 63.1 cm³/mol. The lowest BCUT2D eigenvalue weighted by atomic mass is 10.0. The molecular formula is C10H9Br2NO. The van der Waals surface area contributed by atoms with Crippen LogP contribution >= 0.6 is 31.9 Å². The number of hydrogen-bond acceptors (Lipinski definition) is 2. The van der Waals surface area contributed by atoms with E-state index in [4.69, 9.17) is 4.74 Å². The first kappa shape index (κ1) is 10.3. The summed E-state index contributed by atoms with van der Waals surface area (Å²) in [6.07, 6.45) is 3.10. The number of halogens is 2. The standard InChI is InChI=1S/C10H9Br2NO/c11-9-5-8(6-10(12)13-9)7-1-3-14-4-2-7/h1,5-6H,2-4H2. The second-order valence-corrected chi connectivity index (χ2v) is 4.68. The molecule has 14 heavy (non-hydrogen) atoms. The average Bonchev–Trinajstić information content (AvgIpc) is 2.18. The Hall–Kier alpha value is -0.190. The molecule has 2 heterocycles. The molecule has 0 saturated carbocycles. The SMILES string of the molecule is Brc1cc(C2=CCOCC2)cc(Br)n1. The molecule has 0 N–H and O–H groups in total. The molecular weight excluding hydrogens is 310 g/mol. The zero-order valence-corrected chi connectivity index (χ0v) is 10.6. The summed E-state index contributed by atoms with van der Waals surface area (Å²) < 4.78 is 6.98. The van der Waals surface area contributed by atoms with Gasteiger partial charge in [0, 0.05) is 0 Å². The zero-order chi connectivity index (χ0) is 9.97. The third kappa shape index (κ3) is 2.43. The van der Waals surface area contributed by atoms with Crippen molar-refractivity contribution in [2.75, 3.05) is 13.2 Å². The monoisotopic (exact) mass is 317 g/mol. The van der Waals surface area contributed by atoms with Crippen LogP contribution in [0.2, 0.25) is 0 Å². The van der Waals surface area contributed by atoms with Gasteiger partial charge in [-0.05, 0) is 61.5 Å². The van der Waals surface area contributed by atoms with Gasteiger partial charge < -0.3 is 4.74 Å². The van der Waals surface area contributed by atoms with Crippen molar-refractivity contribution < 1.29 is 4.74 Å². The number of aromatic nitrogens is 1. The largest absolute Gasteiger partial charge is 0.377 e. The lowest BCUT2D eigenvalue weighted by Gasteiger charge is -2.13. The van der Waals surface area contributed by atoms with Crippen LogP contribution in [0.15, 0.2) is 27.4 Å². The van der Waals surface area contributed by atoms with E-state index in [9.17, 15) is 0 Å². The highest BCUT2D eigenvalue weighted by Crippen LogP contribution is 2.25. The van der Waals surface area contributed by atoms with Crippen LogP contribution in [0.4, 0.5) is 0 Å². The molecule has 1 aliphatic rings. The lowest BCUT2D eigenvalue weighted by molar-refractivity contribution is 0.161. The summed E-state index contributed by atoms with van der Waals surface area (Å²) >= 11 is 6.76. The number of rotatable bonds is 1. The molecule has 2 nitrogen and oxygen atoms in total. The fourth-order valence-corrected chi connectivity index (χ4v) is 2.55. The summed E-state index contributed by atoms with van der Waals surface area (Å²) in [6.45, 7) is 1.52. The van der Waals surface area contributed by atoms with Gasteiger partial charge in [0.05, 0.1) is 13.2 Å². The lowest BCUT2D eigenvalue weighted by Crippen LogP contribution is -2.03. The third-order valence-electron chi connectivity index (χ3n) is 2.10. The first-order valence-electron chi connectivity index (χ1n) is 4.36. The summed E-state index contributed by atoms with van der Waals surface area (Å²) in [5, 5.41) is 0. The molecule has 4 heteroatoms. The van der Waals surface area contributed by atoms with Gasteiger partial charge in [-0.15, -0.1) is 0 Å². The maximum absolute atomic E-state index is 5.27. The molecule has 74 valence electrons. The van der Waals surface area contributed by atoms with E-state index in [2.05, 4.69) is 42.9 Å². The van der Waals surface area contributed by atoms with Crippen LogP contribution in [0.3, 0.4) is 0 Å². The molecule has 0 fully saturated rings. The Morgan fingerprint density at radius 2 is 1.93 bits per heavy atom. The Balaban J connectivity index is 2.35. The van der Waals surface area contributed by atoms with Gasteiger partial charge in [0.15, 0.2) is 0 Å². The highest BCUT2D eigenvalue weighted by atomic mass is 79.9. The van der Waals surface area contributed by atoms with E-state index in [1.807, 2.05) is 12.1 Å². The quantitative estimate of drug-likeness (QED) is 0.740. The molecule has 1 aromatic heterocycles. The molecule has 0 unspecified atom stereocenters. The zero-order valence-electron chi connectivity index (χ0n) is 7.46. The van der Waals surface area contributed by atoms with Crippen LogP contribution in [0.1, 0.15) is 12.0 Å². The number of ether oxygens (including phenoxy) is 1. The Bertz CT molecular complexity index is 356. The highest BCUT2D eigenvalue weighted by molar-refractivity contribution is 9.11. The summed E-state index contributed by atoms with van der Waals surface area (Å²) in [4.78, 5) is 4.20. The number of pyridine rings is 1. The van der Waals surface area contributed by atoms with Crippen LogP contribution in [-0.4, -0.2) is 18.2 Å². The molecule has 1 aliphatic heterocycles. The van der Waals surface area contributed by atoms with E-state index in [0.717, 1.165) is 22.2 Å². The van der Waals surface area contributed by atoms with E-state index in [1.165, 1.54) is 11.1 Å². The van der Waals surface area contributed by atoms with Crippen molar-refractivity contribution in [3.8, 4) is 0 Å². The molecule has 0 atom stereocenters. The van der Waals surface area contributed by atoms with E-state index >= 15 is 0 Å². The summed E-state index contributed by atoms with van der Waals surface area (Å²) in [7, 11) is 0. The Kier molecular flexibility index (Phi) is 3.36. The Morgan fingerprint density at radius 3 is 2.50 bits per heavy atom. The molecule has 0 aliphatic carbocycles. The molecule has 0 aromatic carbocycles. The maximum atomic E-state index is 5.27. The number of hydrogen-bond donors (Lipinski definition) is 0. The normalized spacial score (nSPS) is 16.6. The minimum Gasteiger partial charge on any atom is -0.377 e. The predicted octanol–water partition coefficient (Wildman–Crippen LogP) is 3.41. The summed E-state index contributed by atoms with van der Waals surface area (Å²) in [5.41, 5.74) is 2.54. The highest BCUT2D eigenvalue weighted by Gasteiger charge is 2.08. The fraction of sp³-hybridized carbons (Fsp3) is 0.300. The van der Waals surface area contributed by atoms with E-state index in [1.54, 1.807) is 0 Å². The molecule has 0 radical (unpaired) electrons.